The van der Waals surface area contributed by atoms with Gasteiger partial charge in [-0.25, -0.2) is 0 Å². The summed E-state index contributed by atoms with van der Waals surface area (Å²) in [6.07, 6.45) is 0. The summed E-state index contributed by atoms with van der Waals surface area (Å²) in [4.78, 5) is 0. The van der Waals surface area contributed by atoms with Crippen molar-refractivity contribution in [2.75, 3.05) is 6.54 Å². The zero-order valence-electron chi connectivity index (χ0n) is 4.96. The Balaban J connectivity index is 3.62. The van der Waals surface area contributed by atoms with E-state index in [0.29, 0.717) is 6.54 Å². The molecule has 0 aliphatic heterocycles. The molecule has 0 aromatic rings. The predicted octanol–water partition coefficient (Wildman–Crippen LogP) is -1.12. The molecule has 6 N–H and O–H groups in total. The van der Waals surface area contributed by atoms with Crippen LogP contribution in [0.3, 0.4) is 0 Å². The van der Waals surface area contributed by atoms with E-state index in [1.54, 1.807) is 6.92 Å². The molecule has 0 rings (SSSR count). The van der Waals surface area contributed by atoms with Crippen LogP contribution in [0.5, 0.6) is 0 Å². The molecule has 0 aromatic heterocycles. The molecule has 0 aliphatic carbocycles. The highest BCUT2D eigenvalue weighted by Crippen LogP contribution is 2.02. The summed E-state index contributed by atoms with van der Waals surface area (Å²) in [7, 11) is 0. The zero-order valence-corrected chi connectivity index (χ0v) is 5.86. The molecule has 0 saturated heterocycles. The van der Waals surface area contributed by atoms with Crippen molar-refractivity contribution in [3.05, 3.63) is 0 Å². The lowest BCUT2D eigenvalue weighted by Gasteiger charge is -2.24. The lowest BCUT2D eigenvalue weighted by Crippen LogP contribution is -2.56. The van der Waals surface area contributed by atoms with Crippen molar-refractivity contribution in [3.8, 4) is 0 Å². The van der Waals surface area contributed by atoms with Crippen molar-refractivity contribution >= 4 is 12.6 Å². The van der Waals surface area contributed by atoms with Crippen molar-refractivity contribution in [2.24, 2.45) is 17.2 Å². The first-order chi connectivity index (χ1) is 3.48. The topological polar surface area (TPSA) is 78.1 Å². The van der Waals surface area contributed by atoms with E-state index in [0.717, 1.165) is 0 Å². The maximum atomic E-state index is 5.41. The third-order valence-corrected chi connectivity index (χ3v) is 1.71. The second-order valence-corrected chi connectivity index (χ2v) is 2.74. The van der Waals surface area contributed by atoms with Gasteiger partial charge in [0.05, 0.1) is 5.66 Å². The zero-order chi connectivity index (χ0) is 6.78. The van der Waals surface area contributed by atoms with Crippen LogP contribution >= 0.6 is 12.6 Å². The fourth-order valence-electron chi connectivity index (χ4n) is 0.254. The van der Waals surface area contributed by atoms with Crippen LogP contribution in [0.1, 0.15) is 6.92 Å². The Labute approximate surface area is 55.0 Å². The first-order valence-electron chi connectivity index (χ1n) is 2.44. The Morgan fingerprint density at radius 2 is 2.00 bits per heavy atom. The summed E-state index contributed by atoms with van der Waals surface area (Å²) in [6, 6.07) is 0. The second kappa shape index (κ2) is 2.68. The Morgan fingerprint density at radius 1 is 1.62 bits per heavy atom. The molecule has 1 unspecified atom stereocenters. The van der Waals surface area contributed by atoms with Gasteiger partial charge in [-0.05, 0) is 6.92 Å². The highest BCUT2D eigenvalue weighted by atomic mass is 32.1. The van der Waals surface area contributed by atoms with Crippen molar-refractivity contribution in [3.63, 3.8) is 0 Å². The SMILES string of the molecule is CC(N)(N)C(S)CN. The van der Waals surface area contributed by atoms with Crippen LogP contribution < -0.4 is 17.2 Å². The third kappa shape index (κ3) is 2.52. The molecule has 50 valence electrons. The van der Waals surface area contributed by atoms with E-state index in [2.05, 4.69) is 12.6 Å². The van der Waals surface area contributed by atoms with Crippen molar-refractivity contribution in [2.45, 2.75) is 17.8 Å². The van der Waals surface area contributed by atoms with Gasteiger partial charge in [-0.1, -0.05) is 0 Å². The van der Waals surface area contributed by atoms with Crippen LogP contribution in [0.15, 0.2) is 0 Å². The van der Waals surface area contributed by atoms with Gasteiger partial charge >= 0.3 is 0 Å². The van der Waals surface area contributed by atoms with Crippen molar-refractivity contribution < 1.29 is 0 Å². The second-order valence-electron chi connectivity index (χ2n) is 2.12. The minimum absolute atomic E-state index is 0.123. The van der Waals surface area contributed by atoms with Crippen LogP contribution in [0.2, 0.25) is 0 Å². The molecule has 0 saturated carbocycles. The summed E-state index contributed by atoms with van der Waals surface area (Å²) in [5, 5.41) is -0.123. The Kier molecular flexibility index (Phi) is 2.76. The van der Waals surface area contributed by atoms with E-state index < -0.39 is 5.66 Å². The quantitative estimate of drug-likeness (QED) is 0.286. The lowest BCUT2D eigenvalue weighted by atomic mass is 10.1. The number of thiol groups is 1. The highest BCUT2D eigenvalue weighted by molar-refractivity contribution is 7.81. The van der Waals surface area contributed by atoms with Crippen LogP contribution in [-0.4, -0.2) is 17.5 Å². The van der Waals surface area contributed by atoms with Gasteiger partial charge in [-0.15, -0.1) is 0 Å². The molecule has 0 aromatic carbocycles. The van der Waals surface area contributed by atoms with Crippen LogP contribution in [0, 0.1) is 0 Å². The smallest absolute Gasteiger partial charge is 0.0739 e. The van der Waals surface area contributed by atoms with Gasteiger partial charge in [0.2, 0.25) is 0 Å². The molecular weight excluding hydrogens is 122 g/mol. The molecule has 0 spiro atoms. The molecule has 0 amide bonds. The summed E-state index contributed by atoms with van der Waals surface area (Å²) in [5.74, 6) is 0. The Bertz CT molecular complexity index is 68.2. The van der Waals surface area contributed by atoms with E-state index in [1.165, 1.54) is 0 Å². The summed E-state index contributed by atoms with van der Waals surface area (Å²) in [5.41, 5.74) is 15.3. The van der Waals surface area contributed by atoms with Gasteiger partial charge in [0, 0.05) is 11.8 Å². The number of hydrogen-bond donors (Lipinski definition) is 4. The molecule has 8 heavy (non-hydrogen) atoms. The molecule has 0 fully saturated rings. The predicted molar refractivity (Wildman–Crippen MR) is 38.6 cm³/mol. The van der Waals surface area contributed by atoms with Gasteiger partial charge in [0.25, 0.3) is 0 Å². The molecule has 3 nitrogen and oxygen atoms in total. The van der Waals surface area contributed by atoms with E-state index in [9.17, 15) is 0 Å². The van der Waals surface area contributed by atoms with Crippen LogP contribution in [-0.2, 0) is 0 Å². The monoisotopic (exact) mass is 135 g/mol. The minimum atomic E-state index is -0.752. The Hall–Kier alpha value is 0.230. The summed E-state index contributed by atoms with van der Waals surface area (Å²) < 4.78 is 0. The van der Waals surface area contributed by atoms with Gasteiger partial charge in [-0.3, -0.25) is 0 Å². The molecule has 0 bridgehead atoms. The molecule has 0 heterocycles. The first-order valence-corrected chi connectivity index (χ1v) is 2.96. The highest BCUT2D eigenvalue weighted by Gasteiger charge is 2.19. The number of hydrogen-bond acceptors (Lipinski definition) is 4. The normalized spacial score (nSPS) is 16.1. The van der Waals surface area contributed by atoms with E-state index >= 15 is 0 Å². The minimum Gasteiger partial charge on any atom is -0.329 e. The molecule has 0 aliphatic rings. The van der Waals surface area contributed by atoms with E-state index in [-0.39, 0.29) is 5.25 Å². The number of nitrogens with two attached hydrogens (primary N) is 3. The van der Waals surface area contributed by atoms with Crippen molar-refractivity contribution in [1.29, 1.82) is 0 Å². The molecule has 0 radical (unpaired) electrons. The van der Waals surface area contributed by atoms with E-state index in [4.69, 9.17) is 17.2 Å². The maximum absolute atomic E-state index is 5.41. The summed E-state index contributed by atoms with van der Waals surface area (Å²) in [6.45, 7) is 2.10. The fraction of sp³-hybridized carbons (Fsp3) is 1.00. The molecule has 4 heteroatoms. The average molecular weight is 135 g/mol. The van der Waals surface area contributed by atoms with Crippen LogP contribution in [0.4, 0.5) is 0 Å². The largest absolute Gasteiger partial charge is 0.329 e. The van der Waals surface area contributed by atoms with Gasteiger partial charge in [0.15, 0.2) is 0 Å². The fourth-order valence-corrected chi connectivity index (χ4v) is 0.254. The number of rotatable bonds is 2. The lowest BCUT2D eigenvalue weighted by molar-refractivity contribution is 0.473. The van der Waals surface area contributed by atoms with Crippen LogP contribution in [0.25, 0.3) is 0 Å². The summed E-state index contributed by atoms with van der Waals surface area (Å²) >= 11 is 4.04. The molecule has 1 atom stereocenters. The first kappa shape index (κ1) is 8.23. The van der Waals surface area contributed by atoms with Gasteiger partial charge in [0.1, 0.15) is 0 Å². The maximum Gasteiger partial charge on any atom is 0.0739 e. The van der Waals surface area contributed by atoms with Gasteiger partial charge < -0.3 is 17.2 Å². The Morgan fingerprint density at radius 3 is 2.00 bits per heavy atom. The average Bonchev–Trinajstić information content (AvgIpc) is 1.62. The van der Waals surface area contributed by atoms with Crippen molar-refractivity contribution in [1.82, 2.24) is 0 Å². The van der Waals surface area contributed by atoms with Gasteiger partial charge in [-0.2, -0.15) is 12.6 Å². The third-order valence-electron chi connectivity index (χ3n) is 0.941. The van der Waals surface area contributed by atoms with E-state index in [1.807, 2.05) is 0 Å². The standard InChI is InChI=1S/C4H13N3S/c1-4(6,7)3(8)2-5/h3,8H,2,5-7H2,1H3. The molecular formula is C4H13N3S.